The van der Waals surface area contributed by atoms with E-state index in [2.05, 4.69) is 13.8 Å². The fourth-order valence-electron chi connectivity index (χ4n) is 2.77. The molecule has 17 heavy (non-hydrogen) atoms. The largest absolute Gasteiger partial charge is 0.330 e. The van der Waals surface area contributed by atoms with Crippen molar-refractivity contribution < 1.29 is 8.42 Å². The Labute approximate surface area is 103 Å². The van der Waals surface area contributed by atoms with E-state index in [-0.39, 0.29) is 5.41 Å². The van der Waals surface area contributed by atoms with E-state index in [9.17, 15) is 8.42 Å². The fourth-order valence-corrected chi connectivity index (χ4v) is 3.40. The van der Waals surface area contributed by atoms with E-state index < -0.39 is 9.84 Å². The molecular weight excluding hydrogens is 234 g/mol. The molecule has 2 atom stereocenters. The molecule has 0 aromatic heterocycles. The van der Waals surface area contributed by atoms with Gasteiger partial charge in [-0.3, -0.25) is 0 Å². The average Bonchev–Trinajstić information content (AvgIpc) is 2.79. The molecule has 0 bridgehead atoms. The van der Waals surface area contributed by atoms with Crippen molar-refractivity contribution in [3.63, 3.8) is 0 Å². The molecule has 0 spiro atoms. The van der Waals surface area contributed by atoms with E-state index >= 15 is 0 Å². The van der Waals surface area contributed by atoms with E-state index in [1.165, 1.54) is 11.8 Å². The molecule has 0 radical (unpaired) electrons. The lowest BCUT2D eigenvalue weighted by atomic mass is 10.0. The Morgan fingerprint density at radius 3 is 2.12 bits per heavy atom. The van der Waals surface area contributed by atoms with E-state index in [0.29, 0.717) is 23.3 Å². The molecule has 0 heterocycles. The number of nitrogens with two attached hydrogens (primary N) is 1. The summed E-state index contributed by atoms with van der Waals surface area (Å²) in [7, 11) is -3.10. The highest BCUT2D eigenvalue weighted by atomic mass is 32.2. The molecule has 3 nitrogen and oxygen atoms in total. The number of hydrogen-bond donors (Lipinski definition) is 1. The second-order valence-electron chi connectivity index (χ2n) is 5.48. The van der Waals surface area contributed by atoms with Gasteiger partial charge >= 0.3 is 0 Å². The van der Waals surface area contributed by atoms with Crippen LogP contribution < -0.4 is 5.73 Å². The maximum Gasteiger partial charge on any atom is 0.175 e. The van der Waals surface area contributed by atoms with Crippen molar-refractivity contribution in [2.75, 3.05) is 12.8 Å². The summed E-state index contributed by atoms with van der Waals surface area (Å²) in [6.45, 7) is 5.10. The first-order valence-corrected chi connectivity index (χ1v) is 7.67. The van der Waals surface area contributed by atoms with Crippen LogP contribution in [0.4, 0.5) is 0 Å². The Hall–Kier alpha value is -0.870. The van der Waals surface area contributed by atoms with Gasteiger partial charge in [-0.2, -0.15) is 0 Å². The molecule has 1 saturated carbocycles. The Morgan fingerprint density at radius 2 is 1.76 bits per heavy atom. The zero-order chi connectivity index (χ0) is 12.8. The normalized spacial score (nSPS) is 26.8. The van der Waals surface area contributed by atoms with Crippen molar-refractivity contribution in [3.8, 4) is 0 Å². The van der Waals surface area contributed by atoms with E-state index in [1.54, 1.807) is 12.1 Å². The molecule has 1 aliphatic rings. The summed E-state index contributed by atoms with van der Waals surface area (Å²) in [5.74, 6) is 0.965. The quantitative estimate of drug-likeness (QED) is 0.893. The van der Waals surface area contributed by atoms with Crippen molar-refractivity contribution in [3.05, 3.63) is 29.8 Å². The smallest absolute Gasteiger partial charge is 0.175 e. The summed E-state index contributed by atoms with van der Waals surface area (Å²) in [5, 5.41) is 0. The van der Waals surface area contributed by atoms with Crippen LogP contribution in [0, 0.1) is 11.3 Å². The molecule has 1 fully saturated rings. The second-order valence-corrected chi connectivity index (χ2v) is 7.50. The summed E-state index contributed by atoms with van der Waals surface area (Å²) in [5.41, 5.74) is 7.17. The lowest BCUT2D eigenvalue weighted by Crippen LogP contribution is -2.05. The van der Waals surface area contributed by atoms with Gasteiger partial charge in [-0.15, -0.1) is 0 Å². The number of hydrogen-bond acceptors (Lipinski definition) is 3. The third-order valence-corrected chi connectivity index (χ3v) is 5.10. The van der Waals surface area contributed by atoms with E-state index in [1.807, 2.05) is 12.1 Å². The van der Waals surface area contributed by atoms with Crippen molar-refractivity contribution in [1.29, 1.82) is 0 Å². The zero-order valence-corrected chi connectivity index (χ0v) is 11.3. The Kier molecular flexibility index (Phi) is 2.83. The first-order valence-electron chi connectivity index (χ1n) is 5.78. The highest BCUT2D eigenvalue weighted by Gasteiger charge is 2.57. The predicted octanol–water partition coefficient (Wildman–Crippen LogP) is 1.79. The van der Waals surface area contributed by atoms with E-state index in [4.69, 9.17) is 5.73 Å². The molecule has 1 aromatic carbocycles. The van der Waals surface area contributed by atoms with Crippen LogP contribution in [0.15, 0.2) is 29.2 Å². The first kappa shape index (κ1) is 12.6. The van der Waals surface area contributed by atoms with Crippen molar-refractivity contribution in [2.45, 2.75) is 24.7 Å². The molecule has 0 amide bonds. The van der Waals surface area contributed by atoms with Crippen LogP contribution >= 0.6 is 0 Å². The minimum Gasteiger partial charge on any atom is -0.330 e. The van der Waals surface area contributed by atoms with Gasteiger partial charge in [-0.1, -0.05) is 26.0 Å². The Bertz CT molecular complexity index is 517. The van der Waals surface area contributed by atoms with Gasteiger partial charge in [0, 0.05) is 6.26 Å². The minimum atomic E-state index is -3.10. The van der Waals surface area contributed by atoms with E-state index in [0.717, 1.165) is 0 Å². The molecular formula is C13H19NO2S. The van der Waals surface area contributed by atoms with Gasteiger partial charge in [-0.25, -0.2) is 8.42 Å². The van der Waals surface area contributed by atoms with Crippen LogP contribution in [0.5, 0.6) is 0 Å². The Balaban J connectivity index is 2.27. The number of sulfone groups is 1. The highest BCUT2D eigenvalue weighted by Crippen LogP contribution is 2.63. The minimum absolute atomic E-state index is 0.237. The standard InChI is InChI=1S/C13H19NO2S/c1-13(2)11(8-14)12(13)9-4-6-10(7-5-9)17(3,15)16/h4-7,11-12H,8,14H2,1-3H3/t11-,12-/m1/s1. The van der Waals surface area contributed by atoms with Gasteiger partial charge in [0.05, 0.1) is 4.90 Å². The van der Waals surface area contributed by atoms with Crippen LogP contribution in [0.3, 0.4) is 0 Å². The summed E-state index contributed by atoms with van der Waals surface area (Å²) >= 11 is 0. The summed E-state index contributed by atoms with van der Waals surface area (Å²) in [4.78, 5) is 0.379. The van der Waals surface area contributed by atoms with Gasteiger partial charge in [0.25, 0.3) is 0 Å². The van der Waals surface area contributed by atoms with Crippen LogP contribution in [-0.2, 0) is 9.84 Å². The monoisotopic (exact) mass is 253 g/mol. The predicted molar refractivity (Wildman–Crippen MR) is 68.6 cm³/mol. The molecule has 0 saturated heterocycles. The zero-order valence-electron chi connectivity index (χ0n) is 10.5. The second kappa shape index (κ2) is 3.82. The molecule has 4 heteroatoms. The average molecular weight is 253 g/mol. The lowest BCUT2D eigenvalue weighted by Gasteiger charge is -2.04. The maximum atomic E-state index is 11.4. The third-order valence-electron chi connectivity index (χ3n) is 3.97. The molecule has 1 aromatic rings. The molecule has 2 rings (SSSR count). The third kappa shape index (κ3) is 2.11. The van der Waals surface area contributed by atoms with Crippen molar-refractivity contribution in [1.82, 2.24) is 0 Å². The SMILES string of the molecule is CC1(C)[C@H](CN)[C@H]1c1ccc(S(C)(=O)=O)cc1. The lowest BCUT2D eigenvalue weighted by molar-refractivity contribution is 0.558. The number of rotatable bonds is 3. The van der Waals surface area contributed by atoms with Crippen molar-refractivity contribution >= 4 is 9.84 Å². The fraction of sp³-hybridized carbons (Fsp3) is 0.538. The molecule has 94 valence electrons. The van der Waals surface area contributed by atoms with Gasteiger partial charge < -0.3 is 5.73 Å². The molecule has 1 aliphatic carbocycles. The Morgan fingerprint density at radius 1 is 1.24 bits per heavy atom. The molecule has 2 N–H and O–H groups in total. The highest BCUT2D eigenvalue weighted by molar-refractivity contribution is 7.90. The molecule has 0 unspecified atom stereocenters. The molecule has 0 aliphatic heterocycles. The number of benzene rings is 1. The van der Waals surface area contributed by atoms with Crippen LogP contribution in [-0.4, -0.2) is 21.2 Å². The summed E-state index contributed by atoms with van der Waals surface area (Å²) < 4.78 is 22.7. The van der Waals surface area contributed by atoms with Crippen LogP contribution in [0.2, 0.25) is 0 Å². The van der Waals surface area contributed by atoms with Gasteiger partial charge in [-0.05, 0) is 41.5 Å². The summed E-state index contributed by atoms with van der Waals surface area (Å²) in [6, 6.07) is 7.20. The summed E-state index contributed by atoms with van der Waals surface area (Å²) in [6.07, 6.45) is 1.23. The topological polar surface area (TPSA) is 60.2 Å². The van der Waals surface area contributed by atoms with Crippen LogP contribution in [0.25, 0.3) is 0 Å². The van der Waals surface area contributed by atoms with Crippen LogP contribution in [0.1, 0.15) is 25.3 Å². The van der Waals surface area contributed by atoms with Gasteiger partial charge in [0.15, 0.2) is 9.84 Å². The maximum absolute atomic E-state index is 11.4. The van der Waals surface area contributed by atoms with Gasteiger partial charge in [0.1, 0.15) is 0 Å². The van der Waals surface area contributed by atoms with Gasteiger partial charge in [0.2, 0.25) is 0 Å². The first-order chi connectivity index (χ1) is 7.78. The van der Waals surface area contributed by atoms with Crippen molar-refractivity contribution in [2.24, 2.45) is 17.1 Å².